The van der Waals surface area contributed by atoms with Crippen LogP contribution < -0.4 is 10.6 Å². The zero-order chi connectivity index (χ0) is 19.9. The summed E-state index contributed by atoms with van der Waals surface area (Å²) in [6.45, 7) is 8.54. The molecule has 2 rings (SSSR count). The van der Waals surface area contributed by atoms with Crippen LogP contribution in [-0.2, 0) is 15.0 Å². The van der Waals surface area contributed by atoms with Crippen molar-refractivity contribution < 1.29 is 9.59 Å². The first-order chi connectivity index (χ1) is 12.7. The Bertz CT molecular complexity index is 709. The van der Waals surface area contributed by atoms with Crippen molar-refractivity contribution in [1.82, 2.24) is 10.6 Å². The number of benzene rings is 2. The lowest BCUT2D eigenvalue weighted by Crippen LogP contribution is -2.41. The average Bonchev–Trinajstić information content (AvgIpc) is 2.66. The number of nitrogens with one attached hydrogen (secondary N) is 2. The van der Waals surface area contributed by atoms with E-state index in [1.807, 2.05) is 57.2 Å². The lowest BCUT2D eigenvalue weighted by molar-refractivity contribution is -0.128. The van der Waals surface area contributed by atoms with E-state index in [9.17, 15) is 9.59 Å². The molecule has 4 heteroatoms. The summed E-state index contributed by atoms with van der Waals surface area (Å²) in [5.41, 5.74) is 1.53. The molecule has 2 aromatic carbocycles. The number of hydrogen-bond donors (Lipinski definition) is 2. The first-order valence-corrected chi connectivity index (χ1v) is 9.39. The van der Waals surface area contributed by atoms with Gasteiger partial charge in [0.05, 0.1) is 0 Å². The van der Waals surface area contributed by atoms with Crippen LogP contribution in [0.1, 0.15) is 45.2 Å². The second-order valence-electron chi connectivity index (χ2n) is 8.10. The quantitative estimate of drug-likeness (QED) is 0.786. The van der Waals surface area contributed by atoms with Crippen molar-refractivity contribution in [2.24, 2.45) is 5.41 Å². The van der Waals surface area contributed by atoms with E-state index in [4.69, 9.17) is 0 Å². The summed E-state index contributed by atoms with van der Waals surface area (Å²) in [6.07, 6.45) is 0.265. The van der Waals surface area contributed by atoms with Crippen LogP contribution in [0.4, 0.5) is 0 Å². The lowest BCUT2D eigenvalue weighted by Gasteiger charge is -2.31. The van der Waals surface area contributed by atoms with Gasteiger partial charge in [-0.1, -0.05) is 81.4 Å². The molecule has 2 N–H and O–H groups in total. The highest BCUT2D eigenvalue weighted by atomic mass is 16.2. The molecule has 144 valence electrons. The van der Waals surface area contributed by atoms with Crippen LogP contribution in [0, 0.1) is 5.41 Å². The van der Waals surface area contributed by atoms with Crippen molar-refractivity contribution in [3.05, 3.63) is 71.8 Å². The minimum Gasteiger partial charge on any atom is -0.355 e. The molecule has 0 fully saturated rings. The minimum absolute atomic E-state index is 0.0475. The molecule has 0 aliphatic heterocycles. The third-order valence-corrected chi connectivity index (χ3v) is 4.78. The number of carbonyl (C=O) groups is 2. The molecule has 0 saturated heterocycles. The van der Waals surface area contributed by atoms with Gasteiger partial charge in [-0.15, -0.1) is 0 Å². The van der Waals surface area contributed by atoms with Crippen molar-refractivity contribution >= 4 is 11.8 Å². The third-order valence-electron chi connectivity index (χ3n) is 4.78. The van der Waals surface area contributed by atoms with Crippen molar-refractivity contribution in [3.8, 4) is 0 Å². The maximum atomic E-state index is 12.3. The molecule has 2 amide bonds. The van der Waals surface area contributed by atoms with Crippen LogP contribution in [0.3, 0.4) is 0 Å². The van der Waals surface area contributed by atoms with Crippen molar-refractivity contribution in [2.75, 3.05) is 13.1 Å². The standard InChI is InChI=1S/C23H30N2O2/c1-22(2,3)21(27)24-16-15-20(26)25-17-23(4,18-11-7-5-8-12-18)19-13-9-6-10-14-19/h5-14H,15-17H2,1-4H3,(H,24,27)(H,25,26). The Balaban J connectivity index is 2.01. The highest BCUT2D eigenvalue weighted by Crippen LogP contribution is 2.31. The van der Waals surface area contributed by atoms with E-state index in [1.54, 1.807) is 0 Å². The van der Waals surface area contributed by atoms with E-state index < -0.39 is 5.41 Å². The molecule has 0 unspecified atom stereocenters. The fraction of sp³-hybridized carbons (Fsp3) is 0.391. The van der Waals surface area contributed by atoms with Gasteiger partial charge in [0.2, 0.25) is 11.8 Å². The summed E-state index contributed by atoms with van der Waals surface area (Å²) in [4.78, 5) is 24.2. The van der Waals surface area contributed by atoms with Gasteiger partial charge in [-0.2, -0.15) is 0 Å². The van der Waals surface area contributed by atoms with E-state index in [0.29, 0.717) is 13.1 Å². The topological polar surface area (TPSA) is 58.2 Å². The molecule has 0 heterocycles. The van der Waals surface area contributed by atoms with Gasteiger partial charge in [-0.05, 0) is 18.1 Å². The highest BCUT2D eigenvalue weighted by molar-refractivity contribution is 5.82. The summed E-state index contributed by atoms with van der Waals surface area (Å²) in [7, 11) is 0. The molecule has 4 nitrogen and oxygen atoms in total. The molecule has 0 aromatic heterocycles. The van der Waals surface area contributed by atoms with Crippen LogP contribution in [0.25, 0.3) is 0 Å². The summed E-state index contributed by atoms with van der Waals surface area (Å²) < 4.78 is 0. The van der Waals surface area contributed by atoms with Gasteiger partial charge < -0.3 is 10.6 Å². The van der Waals surface area contributed by atoms with Gasteiger partial charge in [-0.25, -0.2) is 0 Å². The van der Waals surface area contributed by atoms with Gasteiger partial charge in [0.15, 0.2) is 0 Å². The maximum Gasteiger partial charge on any atom is 0.225 e. The molecular formula is C23H30N2O2. The predicted octanol–water partition coefficient (Wildman–Crippen LogP) is 3.66. The lowest BCUT2D eigenvalue weighted by atomic mass is 9.76. The van der Waals surface area contributed by atoms with E-state index >= 15 is 0 Å². The summed E-state index contributed by atoms with van der Waals surface area (Å²) in [5.74, 6) is -0.115. The second-order valence-corrected chi connectivity index (χ2v) is 8.10. The molecule has 27 heavy (non-hydrogen) atoms. The first kappa shape index (κ1) is 20.7. The predicted molar refractivity (Wildman–Crippen MR) is 109 cm³/mol. The average molecular weight is 367 g/mol. The fourth-order valence-corrected chi connectivity index (χ4v) is 2.90. The van der Waals surface area contributed by atoms with Gasteiger partial charge >= 0.3 is 0 Å². The molecule has 0 atom stereocenters. The third kappa shape index (κ3) is 5.68. The summed E-state index contributed by atoms with van der Waals surface area (Å²) in [6, 6.07) is 20.4. The summed E-state index contributed by atoms with van der Waals surface area (Å²) >= 11 is 0. The Hall–Kier alpha value is -2.62. The van der Waals surface area contributed by atoms with Crippen LogP contribution >= 0.6 is 0 Å². The number of hydrogen-bond acceptors (Lipinski definition) is 2. The molecule has 0 aliphatic carbocycles. The molecule has 0 spiro atoms. The van der Waals surface area contributed by atoms with Crippen LogP contribution in [0.5, 0.6) is 0 Å². The SMILES string of the molecule is CC(C)(C)C(=O)NCCC(=O)NCC(C)(c1ccccc1)c1ccccc1. The van der Waals surface area contributed by atoms with Crippen LogP contribution in [0.15, 0.2) is 60.7 Å². The van der Waals surface area contributed by atoms with Gasteiger partial charge in [-0.3, -0.25) is 9.59 Å². The van der Waals surface area contributed by atoms with Crippen molar-refractivity contribution in [1.29, 1.82) is 0 Å². The normalized spacial score (nSPS) is 11.7. The van der Waals surface area contributed by atoms with E-state index in [0.717, 1.165) is 11.1 Å². The van der Waals surface area contributed by atoms with E-state index in [-0.39, 0.29) is 23.7 Å². The molecule has 0 bridgehead atoms. The Morgan fingerprint density at radius 3 is 1.70 bits per heavy atom. The second kappa shape index (κ2) is 8.85. The minimum atomic E-state index is -0.449. The molecule has 0 aliphatic rings. The largest absolute Gasteiger partial charge is 0.355 e. The number of amides is 2. The van der Waals surface area contributed by atoms with Crippen molar-refractivity contribution in [3.63, 3.8) is 0 Å². The Kier molecular flexibility index (Phi) is 6.78. The number of rotatable bonds is 7. The Morgan fingerprint density at radius 2 is 1.26 bits per heavy atom. The zero-order valence-corrected chi connectivity index (χ0v) is 16.7. The summed E-state index contributed by atoms with van der Waals surface area (Å²) in [5, 5.41) is 5.86. The van der Waals surface area contributed by atoms with E-state index in [2.05, 4.69) is 41.8 Å². The van der Waals surface area contributed by atoms with Crippen LogP contribution in [-0.4, -0.2) is 24.9 Å². The van der Waals surface area contributed by atoms with Gasteiger partial charge in [0.25, 0.3) is 0 Å². The fourth-order valence-electron chi connectivity index (χ4n) is 2.90. The van der Waals surface area contributed by atoms with Gasteiger partial charge in [0, 0.05) is 30.3 Å². The molecule has 2 aromatic rings. The van der Waals surface area contributed by atoms with E-state index in [1.165, 1.54) is 0 Å². The Morgan fingerprint density at radius 1 is 0.778 bits per heavy atom. The molecule has 0 radical (unpaired) electrons. The monoisotopic (exact) mass is 366 g/mol. The smallest absolute Gasteiger partial charge is 0.225 e. The van der Waals surface area contributed by atoms with Gasteiger partial charge in [0.1, 0.15) is 0 Å². The number of carbonyl (C=O) groups excluding carboxylic acids is 2. The highest BCUT2D eigenvalue weighted by Gasteiger charge is 2.29. The van der Waals surface area contributed by atoms with Crippen LogP contribution in [0.2, 0.25) is 0 Å². The first-order valence-electron chi connectivity index (χ1n) is 9.39. The zero-order valence-electron chi connectivity index (χ0n) is 16.7. The maximum absolute atomic E-state index is 12.3. The molecule has 0 saturated carbocycles. The molecular weight excluding hydrogens is 336 g/mol. The van der Waals surface area contributed by atoms with Crippen molar-refractivity contribution in [2.45, 2.75) is 39.5 Å². The Labute approximate surface area is 162 Å².